The number of likely N-dealkylation sites (N-methyl/N-ethyl adjacent to an activating group) is 1. The Kier molecular flexibility index (Phi) is 10.6. The van der Waals surface area contributed by atoms with Crippen molar-refractivity contribution in [1.82, 2.24) is 19.9 Å². The van der Waals surface area contributed by atoms with Gasteiger partial charge in [0.25, 0.3) is 18.2 Å². The van der Waals surface area contributed by atoms with Crippen LogP contribution < -0.4 is 21.4 Å². The molecule has 4 amide bonds. The molecule has 4 N–H and O–H groups in total. The maximum absolute atomic E-state index is 13.5. The summed E-state index contributed by atoms with van der Waals surface area (Å²) < 4.78 is 2.89. The van der Waals surface area contributed by atoms with Crippen LogP contribution in [0.3, 0.4) is 0 Å². The number of amides is 4. The number of halogens is 1. The van der Waals surface area contributed by atoms with Crippen molar-refractivity contribution in [3.05, 3.63) is 83.2 Å². The van der Waals surface area contributed by atoms with Gasteiger partial charge in [-0.3, -0.25) is 19.2 Å². The molecule has 0 saturated carbocycles. The minimum absolute atomic E-state index is 0.190. The molecular weight excluding hydrogens is 616 g/mol. The van der Waals surface area contributed by atoms with Crippen molar-refractivity contribution in [1.29, 1.82) is 5.26 Å². The average molecular weight is 650 g/mol. The van der Waals surface area contributed by atoms with Gasteiger partial charge in [-0.2, -0.15) is 15.3 Å². The Morgan fingerprint density at radius 3 is 2.27 bits per heavy atom. The van der Waals surface area contributed by atoms with E-state index >= 15 is 0 Å². The number of aryl methyl sites for hydroxylation is 3. The third-order valence-corrected chi connectivity index (χ3v) is 8.69. The van der Waals surface area contributed by atoms with Crippen LogP contribution in [0.5, 0.6) is 0 Å². The summed E-state index contributed by atoms with van der Waals surface area (Å²) in [5.74, 6) is 0.0802. The summed E-state index contributed by atoms with van der Waals surface area (Å²) >= 11 is 7.51. The molecule has 0 bridgehead atoms. The van der Waals surface area contributed by atoms with Gasteiger partial charge in [-0.1, -0.05) is 12.1 Å². The molecule has 1 atom stereocenters. The Hall–Kier alpha value is -4.77. The summed E-state index contributed by atoms with van der Waals surface area (Å²) in [6, 6.07) is 11.1. The summed E-state index contributed by atoms with van der Waals surface area (Å²) in [5, 5.41) is 16.9. The lowest BCUT2D eigenvalue weighted by Gasteiger charge is -2.25. The molecule has 3 aromatic rings. The molecule has 0 fully saturated rings. The molecule has 0 aliphatic carbocycles. The number of nitriles is 1. The first-order valence-electron chi connectivity index (χ1n) is 13.9. The van der Waals surface area contributed by atoms with Crippen molar-refractivity contribution < 1.29 is 23.8 Å². The first-order valence-corrected chi connectivity index (χ1v) is 15.4. The molecule has 234 valence electrons. The molecule has 1 unspecified atom stereocenters. The fourth-order valence-corrected chi connectivity index (χ4v) is 5.87. The monoisotopic (exact) mass is 649 g/mol. The van der Waals surface area contributed by atoms with Gasteiger partial charge < -0.3 is 25.1 Å². The fraction of sp³-hybridized carbons (Fsp3) is 0.258. The lowest BCUT2D eigenvalue weighted by molar-refractivity contribution is -0.849. The van der Waals surface area contributed by atoms with E-state index < -0.39 is 11.8 Å². The summed E-state index contributed by atoms with van der Waals surface area (Å²) in [5.41, 5.74) is 7.08. The first-order chi connectivity index (χ1) is 21.5. The van der Waals surface area contributed by atoms with E-state index in [0.29, 0.717) is 29.4 Å². The second-order valence-corrected chi connectivity index (χ2v) is 12.0. The second kappa shape index (κ2) is 14.3. The lowest BCUT2D eigenvalue weighted by Crippen LogP contribution is -2.50. The maximum Gasteiger partial charge on any atom is 0.312 e. The average Bonchev–Trinajstić information content (AvgIpc) is 3.66. The summed E-state index contributed by atoms with van der Waals surface area (Å²) in [6.45, 7) is 2.24. The number of nitrogens with zero attached hydrogens (tertiary/aromatic N) is 4. The zero-order chi connectivity index (χ0) is 32.7. The van der Waals surface area contributed by atoms with Crippen molar-refractivity contribution in [2.45, 2.75) is 18.2 Å². The van der Waals surface area contributed by atoms with E-state index in [-0.39, 0.29) is 34.9 Å². The van der Waals surface area contributed by atoms with E-state index in [4.69, 9.17) is 16.9 Å². The van der Waals surface area contributed by atoms with Crippen molar-refractivity contribution in [2.75, 3.05) is 35.9 Å². The number of anilines is 2. The number of rotatable bonds is 13. The summed E-state index contributed by atoms with van der Waals surface area (Å²) in [7, 11) is 5.03. The number of quaternary nitrogens is 1. The number of nitrogens with one attached hydrogen (secondary N) is 4. The molecule has 0 spiro atoms. The van der Waals surface area contributed by atoms with Crippen molar-refractivity contribution in [3.8, 4) is 6.07 Å². The highest BCUT2D eigenvalue weighted by Gasteiger charge is 2.38. The lowest BCUT2D eigenvalue weighted by atomic mass is 10.0. The van der Waals surface area contributed by atoms with Crippen LogP contribution in [0.15, 0.2) is 65.6 Å². The van der Waals surface area contributed by atoms with E-state index in [1.54, 1.807) is 66.7 Å². The van der Waals surface area contributed by atoms with Crippen LogP contribution in [0.1, 0.15) is 38.5 Å². The number of aromatic nitrogens is 2. The van der Waals surface area contributed by atoms with Crippen molar-refractivity contribution >= 4 is 64.4 Å². The van der Waals surface area contributed by atoms with E-state index in [9.17, 15) is 19.2 Å². The van der Waals surface area contributed by atoms with Gasteiger partial charge in [-0.25, -0.2) is 0 Å². The number of alkyl halides is 1. The van der Waals surface area contributed by atoms with Crippen LogP contribution in [0.4, 0.5) is 11.4 Å². The van der Waals surface area contributed by atoms with Crippen molar-refractivity contribution in [3.63, 3.8) is 0 Å². The zero-order valence-electron chi connectivity index (χ0n) is 25.3. The van der Waals surface area contributed by atoms with Crippen LogP contribution >= 0.6 is 23.4 Å². The molecule has 1 aliphatic rings. The highest BCUT2D eigenvalue weighted by Crippen LogP contribution is 2.33. The summed E-state index contributed by atoms with van der Waals surface area (Å²) in [4.78, 5) is 51.7. The number of hydrogen-bond acceptors (Lipinski definition) is 6. The predicted octanol–water partition coefficient (Wildman–Crippen LogP) is 3.88. The van der Waals surface area contributed by atoms with Gasteiger partial charge in [0.1, 0.15) is 24.6 Å². The Balaban J connectivity index is 1.49. The highest BCUT2D eigenvalue weighted by atomic mass is 35.5. The largest absolute Gasteiger partial charge is 0.350 e. The first kappa shape index (κ1) is 33.1. The third-order valence-electron chi connectivity index (χ3n) is 7.10. The smallest absolute Gasteiger partial charge is 0.312 e. The normalized spacial score (nSPS) is 15.5. The minimum Gasteiger partial charge on any atom is -0.350 e. The van der Waals surface area contributed by atoms with E-state index in [0.717, 1.165) is 27.3 Å². The number of allylic oxidation sites excluding steroid dienone is 2. The minimum atomic E-state index is -0.461. The van der Waals surface area contributed by atoms with Gasteiger partial charge in [0, 0.05) is 61.2 Å². The molecule has 3 heterocycles. The van der Waals surface area contributed by atoms with E-state index in [2.05, 4.69) is 21.4 Å². The molecule has 0 radical (unpaired) electrons. The maximum atomic E-state index is 13.5. The Morgan fingerprint density at radius 1 is 1.02 bits per heavy atom. The molecule has 1 aromatic carbocycles. The third kappa shape index (κ3) is 7.66. The topological polar surface area (TPSA) is 150 Å². The van der Waals surface area contributed by atoms with Gasteiger partial charge in [0.05, 0.1) is 23.9 Å². The SMILES string of the molecule is Cc1cc(C2=C[N+](C)(NC=O)C(C(=O)Nc3cc(C(=O)Nc4cc(C(=O)NCCC#N)n(C)c4)n(C)c3)=C2)ccc1SCCCl. The Labute approximate surface area is 270 Å². The molecule has 2 aromatic heterocycles. The Bertz CT molecular complexity index is 1750. The molecule has 1 aliphatic heterocycles. The number of benzene rings is 1. The molecule has 14 heteroatoms. The van der Waals surface area contributed by atoms with Crippen LogP contribution in [0.25, 0.3) is 5.57 Å². The molecular formula is C31H34ClN8O4S+. The zero-order valence-corrected chi connectivity index (χ0v) is 26.9. The standard InChI is InChI=1S/C31H33ClN8O4S/c1-20-12-21(6-7-28(20)45-11-8-32)22-13-27(40(4,18-22)35-19-41)31(44)37-24-15-26(39(3)17-24)30(43)36-23-14-25(38(2)16-23)29(42)34-10-5-9-33/h6-7,12-19H,5,8,10-11H2,1-4H3,(H3-,34,35,36,37,41,42,43,44)/p+1. The van der Waals surface area contributed by atoms with Gasteiger partial charge >= 0.3 is 5.91 Å². The number of carbonyl (C=O) groups excluding carboxylic acids is 4. The van der Waals surface area contributed by atoms with E-state index in [1.165, 1.54) is 12.1 Å². The Morgan fingerprint density at radius 2 is 1.67 bits per heavy atom. The van der Waals surface area contributed by atoms with Gasteiger partial charge in [-0.15, -0.1) is 23.4 Å². The van der Waals surface area contributed by atoms with Gasteiger partial charge in [-0.05, 0) is 36.2 Å². The van der Waals surface area contributed by atoms with Crippen molar-refractivity contribution in [2.24, 2.45) is 14.1 Å². The summed E-state index contributed by atoms with van der Waals surface area (Å²) in [6.07, 6.45) is 7.45. The predicted molar refractivity (Wildman–Crippen MR) is 174 cm³/mol. The quantitative estimate of drug-likeness (QED) is 0.0726. The van der Waals surface area contributed by atoms with Crippen LogP contribution in [0, 0.1) is 18.3 Å². The van der Waals surface area contributed by atoms with Crippen LogP contribution in [-0.4, -0.2) is 63.1 Å². The molecule has 45 heavy (non-hydrogen) atoms. The number of carbonyl (C=O) groups is 4. The second-order valence-electron chi connectivity index (χ2n) is 10.5. The van der Waals surface area contributed by atoms with Gasteiger partial charge in [0.2, 0.25) is 5.70 Å². The van der Waals surface area contributed by atoms with Crippen LogP contribution in [-0.2, 0) is 23.7 Å². The van der Waals surface area contributed by atoms with E-state index in [1.807, 2.05) is 31.2 Å². The fourth-order valence-electron chi connectivity index (χ4n) is 4.89. The number of hydrogen-bond donors (Lipinski definition) is 4. The van der Waals surface area contributed by atoms with Gasteiger partial charge in [0.15, 0.2) is 0 Å². The molecule has 12 nitrogen and oxygen atoms in total. The van der Waals surface area contributed by atoms with Crippen LogP contribution in [0.2, 0.25) is 0 Å². The molecule has 0 saturated heterocycles. The molecule has 4 rings (SSSR count). The number of thioether (sulfide) groups is 1. The highest BCUT2D eigenvalue weighted by molar-refractivity contribution is 7.99.